The van der Waals surface area contributed by atoms with Crippen molar-refractivity contribution in [2.45, 2.75) is 165 Å². The maximum absolute atomic E-state index is 14.4. The number of rotatable bonds is 12. The third-order valence-corrected chi connectivity index (χ3v) is 16.4. The van der Waals surface area contributed by atoms with Gasteiger partial charge in [0.25, 0.3) is 0 Å². The normalized spacial score (nSPS) is 37.3. The van der Waals surface area contributed by atoms with E-state index in [1.165, 1.54) is 5.57 Å². The number of hydrogen-bond acceptors (Lipinski definition) is 7. The standard InChI is InChI=1S/C47H76N2O7/c1-14-27-54-36(50)28-42(7,8)29-37(51)55-35-19-20-44(11)33(43(35,9)10)18-21-46(13)34(44)16-15-32-38-31(30(2)3)17-22-47(38,24-23-45(32,46)12)39(52)48-25-26-49-40(53)56-41(4,5)6/h14,31-35,38H,1-2,15-29H2,3-13H3,(H,48,52)(H,49,53)/t31-,32+,33?,34?,35-,38?,44-,45+,46+,47-/m0/s1. The van der Waals surface area contributed by atoms with Gasteiger partial charge in [-0.25, -0.2) is 4.79 Å². The molecular weight excluding hydrogens is 705 g/mol. The maximum Gasteiger partial charge on any atom is 0.407 e. The third-order valence-electron chi connectivity index (χ3n) is 16.4. The van der Waals surface area contributed by atoms with Gasteiger partial charge in [0.1, 0.15) is 18.3 Å². The molecule has 0 aromatic heterocycles. The van der Waals surface area contributed by atoms with Crippen molar-refractivity contribution >= 4 is 23.9 Å². The second kappa shape index (κ2) is 15.7. The van der Waals surface area contributed by atoms with Crippen LogP contribution < -0.4 is 10.6 Å². The zero-order chi connectivity index (χ0) is 41.7. The quantitative estimate of drug-likeness (QED) is 0.0876. The van der Waals surface area contributed by atoms with Crippen molar-refractivity contribution in [1.82, 2.24) is 10.6 Å². The highest BCUT2D eigenvalue weighted by Crippen LogP contribution is 2.77. The van der Waals surface area contributed by atoms with Crippen molar-refractivity contribution in [3.8, 4) is 0 Å². The number of esters is 2. The summed E-state index contributed by atoms with van der Waals surface area (Å²) in [6.07, 6.45) is 11.4. The molecule has 56 heavy (non-hydrogen) atoms. The van der Waals surface area contributed by atoms with Crippen molar-refractivity contribution in [1.29, 1.82) is 0 Å². The third kappa shape index (κ3) is 8.09. The van der Waals surface area contributed by atoms with Crippen molar-refractivity contribution in [2.24, 2.45) is 62.1 Å². The SMILES string of the molecule is C=CCOC(=O)CC(C)(C)CC(=O)O[C@H]1CC[C@@]2(C)C(CC[C@]3(C)C2CC[C@@H]2C4[C@H](C(=C)C)CC[C@]4(C(=O)NCCNC(=O)OC(C)(C)C)CC[C@]23C)C1(C)C. The van der Waals surface area contributed by atoms with Crippen LogP contribution in [0.3, 0.4) is 0 Å². The van der Waals surface area contributed by atoms with Crippen LogP contribution in [-0.4, -0.2) is 55.3 Å². The zero-order valence-electron chi connectivity index (χ0n) is 36.9. The van der Waals surface area contributed by atoms with Gasteiger partial charge in [0, 0.05) is 18.5 Å². The topological polar surface area (TPSA) is 120 Å². The van der Waals surface area contributed by atoms with Crippen LogP contribution >= 0.6 is 0 Å². The first-order chi connectivity index (χ1) is 25.9. The Morgan fingerprint density at radius 2 is 1.43 bits per heavy atom. The molecular formula is C47H76N2O7. The molecule has 5 saturated carbocycles. The molecule has 316 valence electrons. The number of nitrogens with one attached hydrogen (secondary N) is 2. The summed E-state index contributed by atoms with van der Waals surface area (Å²) >= 11 is 0. The van der Waals surface area contributed by atoms with E-state index in [4.69, 9.17) is 14.2 Å². The molecule has 10 atom stereocenters. The lowest BCUT2D eigenvalue weighted by atomic mass is 9.32. The Labute approximate surface area is 338 Å². The van der Waals surface area contributed by atoms with Gasteiger partial charge in [-0.15, -0.1) is 0 Å². The smallest absolute Gasteiger partial charge is 0.407 e. The number of ether oxygens (including phenoxy) is 3. The number of allylic oxidation sites excluding steroid dienone is 1. The van der Waals surface area contributed by atoms with E-state index in [0.29, 0.717) is 36.8 Å². The minimum absolute atomic E-state index is 0.0838. The minimum atomic E-state index is -0.573. The van der Waals surface area contributed by atoms with E-state index in [1.54, 1.807) is 6.08 Å². The van der Waals surface area contributed by atoms with Gasteiger partial charge >= 0.3 is 18.0 Å². The summed E-state index contributed by atoms with van der Waals surface area (Å²) in [5.74, 6) is 1.53. The highest BCUT2D eigenvalue weighted by atomic mass is 16.6. The highest BCUT2D eigenvalue weighted by molar-refractivity contribution is 5.84. The number of hydrogen-bond donors (Lipinski definition) is 2. The fraction of sp³-hybridized carbons (Fsp3) is 0.830. The second-order valence-electron chi connectivity index (χ2n) is 21.9. The number of amides is 2. The van der Waals surface area contributed by atoms with Crippen LogP contribution in [0.1, 0.15) is 153 Å². The first-order valence-corrected chi connectivity index (χ1v) is 21.7. The van der Waals surface area contributed by atoms with Crippen LogP contribution in [-0.2, 0) is 28.6 Å². The van der Waals surface area contributed by atoms with Crippen molar-refractivity contribution in [2.75, 3.05) is 19.7 Å². The minimum Gasteiger partial charge on any atom is -0.462 e. The average molecular weight is 781 g/mol. The summed E-state index contributed by atoms with van der Waals surface area (Å²) in [4.78, 5) is 52.5. The van der Waals surface area contributed by atoms with Gasteiger partial charge in [-0.1, -0.05) is 73.3 Å². The van der Waals surface area contributed by atoms with Crippen LogP contribution in [0.25, 0.3) is 0 Å². The van der Waals surface area contributed by atoms with Crippen LogP contribution in [0.5, 0.6) is 0 Å². The number of carbonyl (C=O) groups excluding carboxylic acids is 4. The summed E-state index contributed by atoms with van der Waals surface area (Å²) < 4.78 is 17.0. The molecule has 9 heteroatoms. The molecule has 0 aliphatic heterocycles. The van der Waals surface area contributed by atoms with Gasteiger partial charge in [-0.3, -0.25) is 14.4 Å². The number of carbonyl (C=O) groups is 4. The van der Waals surface area contributed by atoms with Gasteiger partial charge in [-0.2, -0.15) is 0 Å². The van der Waals surface area contributed by atoms with E-state index in [2.05, 4.69) is 65.3 Å². The molecule has 0 spiro atoms. The summed E-state index contributed by atoms with van der Waals surface area (Å²) in [5, 5.41) is 6.07. The predicted molar refractivity (Wildman–Crippen MR) is 220 cm³/mol. The average Bonchev–Trinajstić information content (AvgIpc) is 3.47. The Morgan fingerprint density at radius 3 is 2.07 bits per heavy atom. The first kappa shape index (κ1) is 44.3. The van der Waals surface area contributed by atoms with Gasteiger partial charge < -0.3 is 24.8 Å². The van der Waals surface area contributed by atoms with E-state index in [-0.39, 0.29) is 71.0 Å². The monoisotopic (exact) mass is 781 g/mol. The van der Waals surface area contributed by atoms with Crippen molar-refractivity contribution in [3.05, 3.63) is 24.8 Å². The summed E-state index contributed by atoms with van der Waals surface area (Å²) in [6, 6.07) is 0. The summed E-state index contributed by atoms with van der Waals surface area (Å²) in [7, 11) is 0. The largest absolute Gasteiger partial charge is 0.462 e. The van der Waals surface area contributed by atoms with Crippen LogP contribution in [0.2, 0.25) is 0 Å². The molecule has 3 unspecified atom stereocenters. The van der Waals surface area contributed by atoms with Gasteiger partial charge in [0.05, 0.1) is 18.3 Å². The van der Waals surface area contributed by atoms with Crippen molar-refractivity contribution in [3.63, 3.8) is 0 Å². The fourth-order valence-corrected chi connectivity index (χ4v) is 13.8. The molecule has 0 radical (unpaired) electrons. The lowest BCUT2D eigenvalue weighted by molar-refractivity contribution is -0.249. The molecule has 0 aromatic carbocycles. The number of fused-ring (bicyclic) bond motifs is 7. The molecule has 2 amide bonds. The molecule has 0 bridgehead atoms. The van der Waals surface area contributed by atoms with E-state index >= 15 is 0 Å². The number of alkyl carbamates (subject to hydrolysis) is 1. The van der Waals surface area contributed by atoms with Gasteiger partial charge in [0.2, 0.25) is 5.91 Å². The van der Waals surface area contributed by atoms with E-state index in [1.807, 2.05) is 34.6 Å². The Hall–Kier alpha value is -2.84. The lowest BCUT2D eigenvalue weighted by Gasteiger charge is -2.72. The molecule has 0 aromatic rings. The van der Waals surface area contributed by atoms with Gasteiger partial charge in [0.15, 0.2) is 0 Å². The van der Waals surface area contributed by atoms with E-state index < -0.39 is 22.5 Å². The molecule has 9 nitrogen and oxygen atoms in total. The van der Waals surface area contributed by atoms with Crippen molar-refractivity contribution < 1.29 is 33.4 Å². The molecule has 5 fully saturated rings. The summed E-state index contributed by atoms with van der Waals surface area (Å²) in [5.41, 5.74) is -0.239. The summed E-state index contributed by atoms with van der Waals surface area (Å²) in [6.45, 7) is 32.9. The fourth-order valence-electron chi connectivity index (χ4n) is 13.8. The molecule has 5 aliphatic rings. The molecule has 5 aliphatic carbocycles. The maximum atomic E-state index is 14.4. The molecule has 2 N–H and O–H groups in total. The Kier molecular flexibility index (Phi) is 12.4. The van der Waals surface area contributed by atoms with Crippen LogP contribution in [0.4, 0.5) is 4.79 Å². The Morgan fingerprint density at radius 1 is 0.768 bits per heavy atom. The first-order valence-electron chi connectivity index (χ1n) is 21.7. The lowest BCUT2D eigenvalue weighted by Crippen LogP contribution is -2.67. The molecule has 0 heterocycles. The Balaban J connectivity index is 1.30. The second-order valence-corrected chi connectivity index (χ2v) is 21.9. The van der Waals surface area contributed by atoms with E-state index in [9.17, 15) is 19.2 Å². The molecule has 0 saturated heterocycles. The van der Waals surface area contributed by atoms with Crippen LogP contribution in [0.15, 0.2) is 24.8 Å². The zero-order valence-corrected chi connectivity index (χ0v) is 36.9. The van der Waals surface area contributed by atoms with Crippen LogP contribution in [0, 0.1) is 62.1 Å². The van der Waals surface area contributed by atoms with Gasteiger partial charge in [-0.05, 0) is 143 Å². The predicted octanol–water partition coefficient (Wildman–Crippen LogP) is 9.73. The van der Waals surface area contributed by atoms with E-state index in [0.717, 1.165) is 64.2 Å². The molecule has 5 rings (SSSR count). The highest BCUT2D eigenvalue weighted by Gasteiger charge is 2.72. The Bertz CT molecular complexity index is 1540.